The third-order valence-corrected chi connectivity index (χ3v) is 4.21. The summed E-state index contributed by atoms with van der Waals surface area (Å²) in [6.45, 7) is 4.62. The zero-order valence-electron chi connectivity index (χ0n) is 10.8. The first-order valence-corrected chi connectivity index (χ1v) is 6.56. The van der Waals surface area contributed by atoms with Gasteiger partial charge in [0.1, 0.15) is 0 Å². The average molecular weight is 390 g/mol. The zero-order valence-corrected chi connectivity index (χ0v) is 14.4. The Bertz CT molecular complexity index is 457. The minimum absolute atomic E-state index is 0. The van der Waals surface area contributed by atoms with Crippen LogP contribution in [-0.4, -0.2) is 0 Å². The maximum atomic E-state index is 3.62. The molecule has 0 nitrogen and oxygen atoms in total. The van der Waals surface area contributed by atoms with E-state index in [0.29, 0.717) is 5.92 Å². The van der Waals surface area contributed by atoms with Gasteiger partial charge in [-0.25, -0.2) is 5.57 Å². The SMILES string of the molecule is CCC(C)C1=[C-]Cc2ccc3c(c21)CCC3.[Hf]. The summed E-state index contributed by atoms with van der Waals surface area (Å²) in [5.74, 6) is 0.674. The van der Waals surface area contributed by atoms with Gasteiger partial charge >= 0.3 is 0 Å². The molecule has 1 aromatic rings. The molecule has 0 fully saturated rings. The summed E-state index contributed by atoms with van der Waals surface area (Å²) in [7, 11) is 0. The molecule has 0 aromatic heterocycles. The molecule has 1 unspecified atom stereocenters. The van der Waals surface area contributed by atoms with Gasteiger partial charge in [0.15, 0.2) is 0 Å². The van der Waals surface area contributed by atoms with Crippen LogP contribution >= 0.6 is 0 Å². The fourth-order valence-corrected chi connectivity index (χ4v) is 3.10. The van der Waals surface area contributed by atoms with Gasteiger partial charge in [-0.2, -0.15) is 5.56 Å². The second-order valence-corrected chi connectivity index (χ2v) is 5.17. The first-order valence-electron chi connectivity index (χ1n) is 6.56. The molecule has 0 radical (unpaired) electrons. The summed E-state index contributed by atoms with van der Waals surface area (Å²) in [5, 5.41) is 0. The maximum absolute atomic E-state index is 3.62. The van der Waals surface area contributed by atoms with Crippen molar-refractivity contribution in [3.8, 4) is 0 Å². The Morgan fingerprint density at radius 2 is 2.00 bits per heavy atom. The van der Waals surface area contributed by atoms with Crippen molar-refractivity contribution in [2.45, 2.75) is 46.0 Å². The molecule has 2 aliphatic rings. The molecule has 88 valence electrons. The summed E-state index contributed by atoms with van der Waals surface area (Å²) in [4.78, 5) is 0. The second kappa shape index (κ2) is 5.22. The number of rotatable bonds is 2. The predicted molar refractivity (Wildman–Crippen MR) is 68.3 cm³/mol. The van der Waals surface area contributed by atoms with Crippen molar-refractivity contribution in [1.82, 2.24) is 0 Å². The van der Waals surface area contributed by atoms with Crippen LogP contribution in [0, 0.1) is 12.0 Å². The van der Waals surface area contributed by atoms with Crippen molar-refractivity contribution in [3.63, 3.8) is 0 Å². The Labute approximate surface area is 123 Å². The molecule has 0 saturated carbocycles. The van der Waals surface area contributed by atoms with E-state index in [1.807, 2.05) is 0 Å². The molecule has 3 rings (SSSR count). The minimum Gasteiger partial charge on any atom is -0.268 e. The van der Waals surface area contributed by atoms with Gasteiger partial charge in [0.2, 0.25) is 0 Å². The molecule has 0 bridgehead atoms. The van der Waals surface area contributed by atoms with Gasteiger partial charge in [-0.1, -0.05) is 43.9 Å². The van der Waals surface area contributed by atoms with Crippen LogP contribution in [0.4, 0.5) is 0 Å². The van der Waals surface area contributed by atoms with E-state index in [1.165, 1.54) is 36.8 Å². The van der Waals surface area contributed by atoms with Crippen LogP contribution in [0.5, 0.6) is 0 Å². The van der Waals surface area contributed by atoms with Gasteiger partial charge in [-0.3, -0.25) is 6.08 Å². The van der Waals surface area contributed by atoms with E-state index in [1.54, 1.807) is 16.7 Å². The quantitative estimate of drug-likeness (QED) is 0.530. The van der Waals surface area contributed by atoms with Crippen molar-refractivity contribution in [2.75, 3.05) is 0 Å². The van der Waals surface area contributed by atoms with Gasteiger partial charge in [0, 0.05) is 25.8 Å². The van der Waals surface area contributed by atoms with Gasteiger partial charge in [0.25, 0.3) is 0 Å². The smallest absolute Gasteiger partial charge is 0 e. The summed E-state index contributed by atoms with van der Waals surface area (Å²) >= 11 is 0. The number of benzene rings is 1. The largest absolute Gasteiger partial charge is 0.268 e. The van der Waals surface area contributed by atoms with E-state index in [2.05, 4.69) is 32.1 Å². The normalized spacial score (nSPS) is 18.1. The topological polar surface area (TPSA) is 0 Å². The van der Waals surface area contributed by atoms with Gasteiger partial charge < -0.3 is 0 Å². The number of hydrogen-bond donors (Lipinski definition) is 0. The molecule has 0 heterocycles. The average Bonchev–Trinajstić information content (AvgIpc) is 2.92. The summed E-state index contributed by atoms with van der Waals surface area (Å²) < 4.78 is 0. The molecule has 1 atom stereocenters. The Hall–Kier alpha value is -0.170. The van der Waals surface area contributed by atoms with Gasteiger partial charge in [-0.05, 0) is 19.3 Å². The van der Waals surface area contributed by atoms with Gasteiger partial charge in [0.05, 0.1) is 0 Å². The number of allylic oxidation sites excluding steroid dienone is 2. The molecule has 17 heavy (non-hydrogen) atoms. The van der Waals surface area contributed by atoms with E-state index in [4.69, 9.17) is 0 Å². The number of hydrogen-bond acceptors (Lipinski definition) is 0. The Kier molecular flexibility index (Phi) is 4.07. The first kappa shape index (κ1) is 13.3. The standard InChI is InChI=1S/C16H19.Hf/c1-3-11(2)14-10-9-13-8-7-12-5-4-6-15(12)16(13)14;/h7-8,11H,3-6,9H2,1-2H3;/q-1;. The minimum atomic E-state index is 0. The van der Waals surface area contributed by atoms with Crippen LogP contribution in [0.25, 0.3) is 5.57 Å². The molecular formula is C16H19Hf-. The van der Waals surface area contributed by atoms with Crippen molar-refractivity contribution < 1.29 is 25.8 Å². The molecule has 0 saturated heterocycles. The Balaban J connectivity index is 0.00000108. The summed E-state index contributed by atoms with van der Waals surface area (Å²) in [6, 6.07) is 4.68. The molecule has 0 spiro atoms. The third-order valence-electron chi connectivity index (χ3n) is 4.21. The van der Waals surface area contributed by atoms with E-state index >= 15 is 0 Å². The first-order chi connectivity index (χ1) is 7.81. The summed E-state index contributed by atoms with van der Waals surface area (Å²) in [6.07, 6.45) is 9.82. The predicted octanol–water partition coefficient (Wildman–Crippen LogP) is 3.96. The fraction of sp³-hybridized carbons (Fsp3) is 0.500. The molecule has 2 aliphatic carbocycles. The molecule has 1 aromatic carbocycles. The molecule has 0 aliphatic heterocycles. The van der Waals surface area contributed by atoms with Gasteiger partial charge in [-0.15, -0.1) is 17.5 Å². The van der Waals surface area contributed by atoms with Crippen LogP contribution in [0.3, 0.4) is 0 Å². The summed E-state index contributed by atoms with van der Waals surface area (Å²) in [5.41, 5.74) is 7.87. The molecule has 1 heteroatoms. The van der Waals surface area contributed by atoms with Crippen molar-refractivity contribution in [3.05, 3.63) is 40.5 Å². The zero-order chi connectivity index (χ0) is 11.1. The van der Waals surface area contributed by atoms with Crippen molar-refractivity contribution in [1.29, 1.82) is 0 Å². The van der Waals surface area contributed by atoms with Crippen LogP contribution in [0.2, 0.25) is 0 Å². The molecule has 0 N–H and O–H groups in total. The number of fused-ring (bicyclic) bond motifs is 3. The monoisotopic (exact) mass is 391 g/mol. The van der Waals surface area contributed by atoms with Crippen LogP contribution < -0.4 is 0 Å². The van der Waals surface area contributed by atoms with E-state index in [9.17, 15) is 0 Å². The fourth-order valence-electron chi connectivity index (χ4n) is 3.10. The Morgan fingerprint density at radius 1 is 1.24 bits per heavy atom. The third kappa shape index (κ3) is 2.12. The molecular weight excluding hydrogens is 371 g/mol. The Morgan fingerprint density at radius 3 is 2.76 bits per heavy atom. The molecule has 0 amide bonds. The van der Waals surface area contributed by atoms with E-state index < -0.39 is 0 Å². The second-order valence-electron chi connectivity index (χ2n) is 5.17. The van der Waals surface area contributed by atoms with Crippen molar-refractivity contribution in [2.24, 2.45) is 5.92 Å². The van der Waals surface area contributed by atoms with Crippen LogP contribution in [0.15, 0.2) is 12.1 Å². The van der Waals surface area contributed by atoms with E-state index in [0.717, 1.165) is 6.42 Å². The van der Waals surface area contributed by atoms with E-state index in [-0.39, 0.29) is 25.8 Å². The number of aryl methyl sites for hydroxylation is 1. The van der Waals surface area contributed by atoms with Crippen molar-refractivity contribution >= 4 is 5.57 Å². The maximum Gasteiger partial charge on any atom is 0 e. The van der Waals surface area contributed by atoms with Crippen LogP contribution in [-0.2, 0) is 45.1 Å². The van der Waals surface area contributed by atoms with Crippen LogP contribution in [0.1, 0.15) is 48.9 Å².